The molecule has 0 fully saturated rings. The molecule has 3 N–H and O–H groups in total. The van der Waals surface area contributed by atoms with Crippen LogP contribution in [-0.2, 0) is 16.0 Å². The summed E-state index contributed by atoms with van der Waals surface area (Å²) < 4.78 is 0. The van der Waals surface area contributed by atoms with E-state index in [0.29, 0.717) is 15.6 Å². The maximum atomic E-state index is 12.2. The SMILES string of the molecule is O=C(O)Cc1ccc(NC2=NC(=O)C(=Cc3ccc4cc(O)ccc4c3)S2)cc1. The number of phenols is 1. The van der Waals surface area contributed by atoms with Crippen LogP contribution in [0.3, 0.4) is 0 Å². The molecule has 0 aromatic heterocycles. The van der Waals surface area contributed by atoms with Crippen molar-refractivity contribution in [2.45, 2.75) is 6.42 Å². The van der Waals surface area contributed by atoms with Crippen LogP contribution in [0.5, 0.6) is 5.75 Å². The van der Waals surface area contributed by atoms with E-state index in [0.717, 1.165) is 22.0 Å². The summed E-state index contributed by atoms with van der Waals surface area (Å²) in [6.45, 7) is 0. The average Bonchev–Trinajstić information content (AvgIpc) is 3.02. The number of thioether (sulfide) groups is 1. The fourth-order valence-electron chi connectivity index (χ4n) is 2.96. The molecule has 4 rings (SSSR count). The van der Waals surface area contributed by atoms with Crippen molar-refractivity contribution in [3.63, 3.8) is 0 Å². The number of carbonyl (C=O) groups is 2. The number of rotatable bonds is 4. The highest BCUT2D eigenvalue weighted by Gasteiger charge is 2.22. The first-order valence-electron chi connectivity index (χ1n) is 8.79. The van der Waals surface area contributed by atoms with Gasteiger partial charge in [0.2, 0.25) is 0 Å². The van der Waals surface area contributed by atoms with Gasteiger partial charge in [-0.25, -0.2) is 0 Å². The van der Waals surface area contributed by atoms with Crippen LogP contribution in [0.4, 0.5) is 5.69 Å². The van der Waals surface area contributed by atoms with Gasteiger partial charge in [0.15, 0.2) is 5.17 Å². The summed E-state index contributed by atoms with van der Waals surface area (Å²) >= 11 is 1.25. The molecular formula is C22H16N2O4S. The summed E-state index contributed by atoms with van der Waals surface area (Å²) in [5.74, 6) is -0.983. The van der Waals surface area contributed by atoms with E-state index in [9.17, 15) is 14.7 Å². The van der Waals surface area contributed by atoms with Gasteiger partial charge in [-0.3, -0.25) is 9.59 Å². The predicted molar refractivity (Wildman–Crippen MR) is 115 cm³/mol. The minimum Gasteiger partial charge on any atom is -0.508 e. The van der Waals surface area contributed by atoms with Gasteiger partial charge in [0.25, 0.3) is 5.91 Å². The Balaban J connectivity index is 1.47. The number of phenolic OH excluding ortho intramolecular Hbond substituents is 1. The van der Waals surface area contributed by atoms with E-state index in [1.807, 2.05) is 24.3 Å². The number of nitrogens with one attached hydrogen (secondary N) is 1. The summed E-state index contributed by atoms with van der Waals surface area (Å²) in [6, 6.07) is 17.8. The Labute approximate surface area is 170 Å². The summed E-state index contributed by atoms with van der Waals surface area (Å²) in [6.07, 6.45) is 1.75. The predicted octanol–water partition coefficient (Wildman–Crippen LogP) is 4.25. The van der Waals surface area contributed by atoms with E-state index in [1.54, 1.807) is 42.5 Å². The van der Waals surface area contributed by atoms with Gasteiger partial charge < -0.3 is 15.5 Å². The van der Waals surface area contributed by atoms with Gasteiger partial charge in [-0.05, 0) is 70.1 Å². The zero-order valence-corrected chi connectivity index (χ0v) is 15.9. The Morgan fingerprint density at radius 2 is 1.76 bits per heavy atom. The van der Waals surface area contributed by atoms with Gasteiger partial charge in [-0.1, -0.05) is 30.3 Å². The number of amidine groups is 1. The zero-order valence-electron chi connectivity index (χ0n) is 15.1. The molecule has 0 aliphatic carbocycles. The number of carbonyl (C=O) groups excluding carboxylic acids is 1. The molecule has 0 saturated heterocycles. The highest BCUT2D eigenvalue weighted by molar-refractivity contribution is 8.18. The van der Waals surface area contributed by atoms with Crippen LogP contribution >= 0.6 is 11.8 Å². The Bertz CT molecular complexity index is 1180. The molecule has 0 saturated carbocycles. The average molecular weight is 404 g/mol. The lowest BCUT2D eigenvalue weighted by Crippen LogP contribution is -2.05. The molecule has 0 bridgehead atoms. The summed E-state index contributed by atoms with van der Waals surface area (Å²) in [4.78, 5) is 27.5. The molecule has 3 aromatic rings. The summed E-state index contributed by atoms with van der Waals surface area (Å²) in [5.41, 5.74) is 2.30. The zero-order chi connectivity index (χ0) is 20.4. The van der Waals surface area contributed by atoms with Crippen molar-refractivity contribution in [2.24, 2.45) is 4.99 Å². The summed E-state index contributed by atoms with van der Waals surface area (Å²) in [5, 5.41) is 23.8. The monoisotopic (exact) mass is 404 g/mol. The number of amides is 1. The number of carboxylic acid groups (broad SMARTS) is 1. The highest BCUT2D eigenvalue weighted by Crippen LogP contribution is 2.30. The van der Waals surface area contributed by atoms with E-state index < -0.39 is 5.97 Å². The quantitative estimate of drug-likeness (QED) is 0.562. The molecular weight excluding hydrogens is 388 g/mol. The van der Waals surface area contributed by atoms with Crippen LogP contribution < -0.4 is 5.32 Å². The number of anilines is 1. The lowest BCUT2D eigenvalue weighted by molar-refractivity contribution is -0.136. The number of fused-ring (bicyclic) bond motifs is 1. The Morgan fingerprint density at radius 1 is 1.03 bits per heavy atom. The number of hydrogen-bond acceptors (Lipinski definition) is 5. The Kier molecular flexibility index (Phi) is 5.05. The van der Waals surface area contributed by atoms with E-state index in [2.05, 4.69) is 10.3 Å². The third-order valence-corrected chi connectivity index (χ3v) is 5.23. The fourth-order valence-corrected chi connectivity index (χ4v) is 3.79. The second kappa shape index (κ2) is 7.81. The van der Waals surface area contributed by atoms with Crippen LogP contribution in [0.1, 0.15) is 11.1 Å². The van der Waals surface area contributed by atoms with E-state index in [1.165, 1.54) is 11.8 Å². The molecule has 0 unspecified atom stereocenters. The van der Waals surface area contributed by atoms with Crippen molar-refractivity contribution in [2.75, 3.05) is 5.32 Å². The van der Waals surface area contributed by atoms with Crippen molar-refractivity contribution in [3.05, 3.63) is 76.7 Å². The maximum Gasteiger partial charge on any atom is 0.307 e. The Morgan fingerprint density at radius 3 is 2.52 bits per heavy atom. The van der Waals surface area contributed by atoms with E-state index in [-0.39, 0.29) is 18.1 Å². The van der Waals surface area contributed by atoms with Gasteiger partial charge in [0.05, 0.1) is 11.3 Å². The molecule has 29 heavy (non-hydrogen) atoms. The number of aliphatic imine (C=N–C) groups is 1. The third kappa shape index (κ3) is 4.47. The molecule has 1 aliphatic rings. The second-order valence-corrected chi connectivity index (χ2v) is 7.55. The molecule has 0 spiro atoms. The topological polar surface area (TPSA) is 99.0 Å². The summed E-state index contributed by atoms with van der Waals surface area (Å²) in [7, 11) is 0. The smallest absolute Gasteiger partial charge is 0.307 e. The first-order chi connectivity index (χ1) is 14.0. The molecule has 0 radical (unpaired) electrons. The van der Waals surface area contributed by atoms with E-state index >= 15 is 0 Å². The highest BCUT2D eigenvalue weighted by atomic mass is 32.2. The van der Waals surface area contributed by atoms with Gasteiger partial charge in [-0.2, -0.15) is 4.99 Å². The number of aliphatic carboxylic acids is 1. The normalized spacial score (nSPS) is 15.0. The molecule has 7 heteroatoms. The van der Waals surface area contributed by atoms with Crippen molar-refractivity contribution < 1.29 is 19.8 Å². The van der Waals surface area contributed by atoms with Crippen LogP contribution in [-0.4, -0.2) is 27.3 Å². The second-order valence-electron chi connectivity index (χ2n) is 6.52. The molecule has 1 amide bonds. The molecule has 1 aliphatic heterocycles. The number of aromatic hydroxyl groups is 1. The van der Waals surface area contributed by atoms with Crippen molar-refractivity contribution >= 4 is 51.3 Å². The first kappa shape index (κ1) is 18.8. The van der Waals surface area contributed by atoms with Gasteiger partial charge >= 0.3 is 5.97 Å². The maximum absolute atomic E-state index is 12.2. The first-order valence-corrected chi connectivity index (χ1v) is 9.61. The molecule has 6 nitrogen and oxygen atoms in total. The van der Waals surface area contributed by atoms with Crippen molar-refractivity contribution in [1.82, 2.24) is 0 Å². The van der Waals surface area contributed by atoms with E-state index in [4.69, 9.17) is 5.11 Å². The number of nitrogens with zero attached hydrogens (tertiary/aromatic N) is 1. The molecule has 144 valence electrons. The largest absolute Gasteiger partial charge is 0.508 e. The minimum absolute atomic E-state index is 0.0350. The Hall–Kier alpha value is -3.58. The standard InChI is InChI=1S/C22H16N2O4S/c25-18-8-5-15-9-14(1-4-16(15)12-18)10-19-21(28)24-22(29-19)23-17-6-2-13(3-7-17)11-20(26)27/h1-10,12,25H,11H2,(H,26,27)(H,23,24,28). The van der Waals surface area contributed by atoms with Crippen LogP contribution in [0.15, 0.2) is 70.6 Å². The van der Waals surface area contributed by atoms with Crippen LogP contribution in [0.2, 0.25) is 0 Å². The minimum atomic E-state index is -0.882. The van der Waals surface area contributed by atoms with Gasteiger partial charge in [0.1, 0.15) is 5.75 Å². The lowest BCUT2D eigenvalue weighted by Gasteiger charge is -2.05. The van der Waals surface area contributed by atoms with Gasteiger partial charge in [-0.15, -0.1) is 0 Å². The van der Waals surface area contributed by atoms with Gasteiger partial charge in [0, 0.05) is 5.69 Å². The third-order valence-electron chi connectivity index (χ3n) is 4.33. The van der Waals surface area contributed by atoms with Crippen LogP contribution in [0.25, 0.3) is 16.8 Å². The molecule has 1 heterocycles. The fraction of sp³-hybridized carbons (Fsp3) is 0.0455. The number of carboxylic acids is 1. The number of benzene rings is 3. The lowest BCUT2D eigenvalue weighted by atomic mass is 10.1. The molecule has 0 atom stereocenters. The van der Waals surface area contributed by atoms with Crippen molar-refractivity contribution in [3.8, 4) is 5.75 Å². The van der Waals surface area contributed by atoms with Crippen LogP contribution in [0, 0.1) is 0 Å². The number of hydrogen-bond donors (Lipinski definition) is 3. The molecule has 3 aromatic carbocycles. The van der Waals surface area contributed by atoms with Crippen molar-refractivity contribution in [1.29, 1.82) is 0 Å².